The van der Waals surface area contributed by atoms with Crippen molar-refractivity contribution in [3.05, 3.63) is 64.9 Å². The average molecular weight is 371 g/mol. The number of nitrogens with one attached hydrogen (secondary N) is 1. The molecule has 0 aliphatic carbocycles. The second-order valence-corrected chi connectivity index (χ2v) is 7.63. The van der Waals surface area contributed by atoms with Crippen molar-refractivity contribution in [1.29, 1.82) is 0 Å². The third kappa shape index (κ3) is 5.59. The summed E-state index contributed by atoms with van der Waals surface area (Å²) in [5, 5.41) is 3.13. The van der Waals surface area contributed by atoms with E-state index in [1.165, 1.54) is 24.3 Å². The lowest BCUT2D eigenvalue weighted by atomic mass is 10.2. The minimum Gasteiger partial charge on any atom is -0.325 e. The van der Waals surface area contributed by atoms with Crippen LogP contribution in [0, 0.1) is 5.82 Å². The van der Waals surface area contributed by atoms with Gasteiger partial charge in [0, 0.05) is 17.3 Å². The molecule has 0 aliphatic rings. The van der Waals surface area contributed by atoms with Crippen molar-refractivity contribution in [2.24, 2.45) is 0 Å². The van der Waals surface area contributed by atoms with Gasteiger partial charge in [-0.3, -0.25) is 4.79 Å². The molecule has 5 nitrogen and oxygen atoms in total. The number of hydrogen-bond acceptors (Lipinski definition) is 3. The highest BCUT2D eigenvalue weighted by Crippen LogP contribution is 2.14. The van der Waals surface area contributed by atoms with Crippen molar-refractivity contribution >= 4 is 33.2 Å². The Morgan fingerprint density at radius 1 is 1.12 bits per heavy atom. The van der Waals surface area contributed by atoms with Gasteiger partial charge in [-0.05, 0) is 42.0 Å². The summed E-state index contributed by atoms with van der Waals surface area (Å²) >= 11 is 5.77. The molecular weight excluding hydrogens is 355 g/mol. The Kier molecular flexibility index (Phi) is 5.93. The SMILES string of the molecule is CS(=O)(=O)N(CC(=O)Nc1ccc(Cl)cc1)Cc1ccc(F)cc1. The maximum atomic E-state index is 12.9. The predicted octanol–water partition coefficient (Wildman–Crippen LogP) is 2.88. The minimum atomic E-state index is -3.61. The maximum Gasteiger partial charge on any atom is 0.239 e. The van der Waals surface area contributed by atoms with Crippen LogP contribution in [0.25, 0.3) is 0 Å². The first kappa shape index (κ1) is 18.4. The first-order chi connectivity index (χ1) is 11.2. The zero-order valence-electron chi connectivity index (χ0n) is 12.9. The van der Waals surface area contributed by atoms with Gasteiger partial charge >= 0.3 is 0 Å². The van der Waals surface area contributed by atoms with E-state index >= 15 is 0 Å². The minimum absolute atomic E-state index is 0.0207. The van der Waals surface area contributed by atoms with E-state index in [0.29, 0.717) is 16.3 Å². The number of rotatable bonds is 6. The van der Waals surface area contributed by atoms with Crippen LogP contribution in [0.4, 0.5) is 10.1 Å². The fourth-order valence-corrected chi connectivity index (χ4v) is 2.84. The molecule has 0 aliphatic heterocycles. The smallest absolute Gasteiger partial charge is 0.239 e. The summed E-state index contributed by atoms with van der Waals surface area (Å²) in [5.74, 6) is -0.894. The first-order valence-corrected chi connectivity index (χ1v) is 9.21. The van der Waals surface area contributed by atoms with Gasteiger partial charge in [0.15, 0.2) is 0 Å². The monoisotopic (exact) mass is 370 g/mol. The zero-order valence-corrected chi connectivity index (χ0v) is 14.4. The van der Waals surface area contributed by atoms with E-state index in [4.69, 9.17) is 11.6 Å². The van der Waals surface area contributed by atoms with Gasteiger partial charge in [0.25, 0.3) is 0 Å². The molecule has 1 N–H and O–H groups in total. The van der Waals surface area contributed by atoms with Crippen LogP contribution >= 0.6 is 11.6 Å². The molecule has 0 fully saturated rings. The quantitative estimate of drug-likeness (QED) is 0.850. The van der Waals surface area contributed by atoms with Crippen molar-refractivity contribution in [2.45, 2.75) is 6.54 Å². The summed E-state index contributed by atoms with van der Waals surface area (Å²) in [6.07, 6.45) is 1.02. The van der Waals surface area contributed by atoms with Gasteiger partial charge in [-0.2, -0.15) is 4.31 Å². The summed E-state index contributed by atoms with van der Waals surface area (Å²) < 4.78 is 37.7. The zero-order chi connectivity index (χ0) is 17.7. The van der Waals surface area contributed by atoms with E-state index in [2.05, 4.69) is 5.32 Å². The Morgan fingerprint density at radius 2 is 1.71 bits per heavy atom. The Morgan fingerprint density at radius 3 is 2.25 bits per heavy atom. The van der Waals surface area contributed by atoms with E-state index in [1.807, 2.05) is 0 Å². The lowest BCUT2D eigenvalue weighted by Crippen LogP contribution is -2.36. The summed E-state index contributed by atoms with van der Waals surface area (Å²) in [7, 11) is -3.61. The van der Waals surface area contributed by atoms with Crippen molar-refractivity contribution < 1.29 is 17.6 Å². The fraction of sp³-hybridized carbons (Fsp3) is 0.188. The highest BCUT2D eigenvalue weighted by molar-refractivity contribution is 7.88. The normalized spacial score (nSPS) is 11.5. The Hall–Kier alpha value is -1.96. The van der Waals surface area contributed by atoms with Gasteiger partial charge in [0.05, 0.1) is 12.8 Å². The number of benzene rings is 2. The van der Waals surface area contributed by atoms with Crippen molar-refractivity contribution in [2.75, 3.05) is 18.1 Å². The summed E-state index contributed by atoms with van der Waals surface area (Å²) in [4.78, 5) is 12.1. The second-order valence-electron chi connectivity index (χ2n) is 5.21. The van der Waals surface area contributed by atoms with E-state index in [9.17, 15) is 17.6 Å². The predicted molar refractivity (Wildman–Crippen MR) is 91.7 cm³/mol. The van der Waals surface area contributed by atoms with Gasteiger partial charge in [0.2, 0.25) is 15.9 Å². The largest absolute Gasteiger partial charge is 0.325 e. The van der Waals surface area contributed by atoms with Crippen molar-refractivity contribution in [3.63, 3.8) is 0 Å². The average Bonchev–Trinajstić information content (AvgIpc) is 2.50. The molecule has 8 heteroatoms. The van der Waals surface area contributed by atoms with Crippen molar-refractivity contribution in [1.82, 2.24) is 4.31 Å². The third-order valence-corrected chi connectivity index (χ3v) is 4.64. The van der Waals surface area contributed by atoms with Gasteiger partial charge in [-0.15, -0.1) is 0 Å². The van der Waals surface area contributed by atoms with Gasteiger partial charge in [-0.25, -0.2) is 12.8 Å². The van der Waals surface area contributed by atoms with Crippen LogP contribution in [-0.4, -0.2) is 31.4 Å². The molecule has 0 saturated heterocycles. The van der Waals surface area contributed by atoms with Gasteiger partial charge < -0.3 is 5.32 Å². The van der Waals surface area contributed by atoms with Crippen LogP contribution in [0.5, 0.6) is 0 Å². The van der Waals surface area contributed by atoms with Crippen LogP contribution in [-0.2, 0) is 21.4 Å². The molecule has 0 atom stereocenters. The Bertz CT molecular complexity index is 808. The van der Waals surface area contributed by atoms with Crippen LogP contribution in [0.2, 0.25) is 5.02 Å². The van der Waals surface area contributed by atoms with E-state index < -0.39 is 21.7 Å². The molecule has 2 rings (SSSR count). The number of nitrogens with zero attached hydrogens (tertiary/aromatic N) is 1. The molecule has 0 spiro atoms. The molecular formula is C16H16ClFN2O3S. The molecule has 1 amide bonds. The molecule has 0 aromatic heterocycles. The lowest BCUT2D eigenvalue weighted by Gasteiger charge is -2.19. The number of amides is 1. The molecule has 0 saturated carbocycles. The fourth-order valence-electron chi connectivity index (χ4n) is 1.98. The number of anilines is 1. The number of carbonyl (C=O) groups is 1. The van der Waals surface area contributed by atoms with Crippen LogP contribution < -0.4 is 5.32 Å². The number of hydrogen-bond donors (Lipinski definition) is 1. The summed E-state index contributed by atoms with van der Waals surface area (Å²) in [6.45, 7) is -0.369. The van der Waals surface area contributed by atoms with Gasteiger partial charge in [0.1, 0.15) is 5.82 Å². The highest BCUT2D eigenvalue weighted by Gasteiger charge is 2.20. The maximum absolute atomic E-state index is 12.9. The Balaban J connectivity index is 2.06. The third-order valence-electron chi connectivity index (χ3n) is 3.19. The van der Waals surface area contributed by atoms with Crippen molar-refractivity contribution in [3.8, 4) is 0 Å². The molecule has 0 radical (unpaired) electrons. The number of sulfonamides is 1. The lowest BCUT2D eigenvalue weighted by molar-refractivity contribution is -0.116. The second kappa shape index (κ2) is 7.74. The van der Waals surface area contributed by atoms with Gasteiger partial charge in [-0.1, -0.05) is 23.7 Å². The first-order valence-electron chi connectivity index (χ1n) is 6.99. The molecule has 2 aromatic carbocycles. The molecule has 24 heavy (non-hydrogen) atoms. The van der Waals surface area contributed by atoms with E-state index in [-0.39, 0.29) is 13.1 Å². The van der Waals surface area contributed by atoms with Crippen LogP contribution in [0.15, 0.2) is 48.5 Å². The molecule has 0 bridgehead atoms. The molecule has 2 aromatic rings. The topological polar surface area (TPSA) is 66.5 Å². The van der Waals surface area contributed by atoms with Crippen LogP contribution in [0.1, 0.15) is 5.56 Å². The molecule has 0 unspecified atom stereocenters. The summed E-state index contributed by atoms with van der Waals surface area (Å²) in [6, 6.07) is 11.9. The molecule has 0 heterocycles. The highest BCUT2D eigenvalue weighted by atomic mass is 35.5. The number of halogens is 2. The van der Waals surface area contributed by atoms with Crippen LogP contribution in [0.3, 0.4) is 0 Å². The standard InChI is InChI=1S/C16H16ClFN2O3S/c1-24(22,23)20(10-12-2-6-14(18)7-3-12)11-16(21)19-15-8-4-13(17)5-9-15/h2-9H,10-11H2,1H3,(H,19,21). The summed E-state index contributed by atoms with van der Waals surface area (Å²) in [5.41, 5.74) is 1.10. The number of carbonyl (C=O) groups excluding carboxylic acids is 1. The van der Waals surface area contributed by atoms with E-state index in [1.54, 1.807) is 24.3 Å². The van der Waals surface area contributed by atoms with E-state index in [0.717, 1.165) is 10.6 Å². The molecule has 128 valence electrons. The Labute approximate surface area is 145 Å².